The zero-order chi connectivity index (χ0) is 19.4. The van der Waals surface area contributed by atoms with Gasteiger partial charge in [-0.2, -0.15) is 0 Å². The van der Waals surface area contributed by atoms with E-state index in [-0.39, 0.29) is 12.7 Å². The number of methoxy groups -OCH3 is 1. The lowest BCUT2D eigenvalue weighted by Gasteiger charge is -2.44. The summed E-state index contributed by atoms with van der Waals surface area (Å²) in [5.74, 6) is 1.15. The number of aryl methyl sites for hydroxylation is 2. The van der Waals surface area contributed by atoms with Crippen LogP contribution in [0.1, 0.15) is 49.3 Å². The molecule has 1 saturated carbocycles. The smallest absolute Gasteiger partial charge is 0.474 e. The Balaban J connectivity index is 2.05. The minimum atomic E-state index is -0.698. The van der Waals surface area contributed by atoms with Crippen molar-refractivity contribution in [2.24, 2.45) is 0 Å². The van der Waals surface area contributed by atoms with Gasteiger partial charge in [0.2, 0.25) is 0 Å². The Morgan fingerprint density at radius 3 is 2.70 bits per heavy atom. The van der Waals surface area contributed by atoms with Crippen LogP contribution >= 0.6 is 0 Å². The van der Waals surface area contributed by atoms with Crippen LogP contribution < -0.4 is 5.32 Å². The number of ether oxygens (including phenoxy) is 4. The SMILES string of the molecule is CCOC(=O)OC1=C(c2cc(C)ccc2C)OCNC12CCC(OC)CC2. The van der Waals surface area contributed by atoms with Crippen LogP contribution in [0.4, 0.5) is 4.79 Å². The monoisotopic (exact) mass is 375 g/mol. The zero-order valence-corrected chi connectivity index (χ0v) is 16.6. The summed E-state index contributed by atoms with van der Waals surface area (Å²) >= 11 is 0. The predicted octanol–water partition coefficient (Wildman–Crippen LogP) is 4.05. The van der Waals surface area contributed by atoms with Crippen molar-refractivity contribution >= 4 is 11.9 Å². The fourth-order valence-electron chi connectivity index (χ4n) is 3.89. The average Bonchev–Trinajstić information content (AvgIpc) is 2.66. The molecule has 1 spiro atoms. The topological polar surface area (TPSA) is 66.0 Å². The van der Waals surface area contributed by atoms with Gasteiger partial charge in [-0.3, -0.25) is 5.32 Å². The van der Waals surface area contributed by atoms with Gasteiger partial charge in [-0.25, -0.2) is 4.79 Å². The first-order valence-corrected chi connectivity index (χ1v) is 9.56. The Bertz CT molecular complexity index is 719. The summed E-state index contributed by atoms with van der Waals surface area (Å²) < 4.78 is 22.3. The molecule has 0 aromatic heterocycles. The summed E-state index contributed by atoms with van der Waals surface area (Å²) in [7, 11) is 1.74. The van der Waals surface area contributed by atoms with Crippen molar-refractivity contribution in [1.29, 1.82) is 0 Å². The van der Waals surface area contributed by atoms with Gasteiger partial charge in [0.25, 0.3) is 0 Å². The summed E-state index contributed by atoms with van der Waals surface area (Å²) in [6.07, 6.45) is 2.91. The third-order valence-corrected chi connectivity index (χ3v) is 5.47. The second kappa shape index (κ2) is 8.31. The fraction of sp³-hybridized carbons (Fsp3) is 0.571. The lowest BCUT2D eigenvalue weighted by Crippen LogP contribution is -2.54. The van der Waals surface area contributed by atoms with Gasteiger partial charge in [0, 0.05) is 12.7 Å². The highest BCUT2D eigenvalue weighted by atomic mass is 16.7. The molecule has 1 aliphatic heterocycles. The van der Waals surface area contributed by atoms with E-state index in [4.69, 9.17) is 18.9 Å². The third kappa shape index (κ3) is 4.12. The number of carbonyl (C=O) groups is 1. The highest BCUT2D eigenvalue weighted by molar-refractivity contribution is 5.72. The number of rotatable bonds is 4. The maximum atomic E-state index is 12.2. The number of hydrogen-bond donors (Lipinski definition) is 1. The maximum absolute atomic E-state index is 12.2. The molecular formula is C21H29NO5. The van der Waals surface area contributed by atoms with Crippen LogP contribution in [0.15, 0.2) is 24.0 Å². The van der Waals surface area contributed by atoms with E-state index in [1.54, 1.807) is 14.0 Å². The molecule has 0 atom stereocenters. The summed E-state index contributed by atoms with van der Waals surface area (Å²) in [6, 6.07) is 6.18. The summed E-state index contributed by atoms with van der Waals surface area (Å²) in [5, 5.41) is 3.44. The first-order valence-electron chi connectivity index (χ1n) is 9.56. The normalized spacial score (nSPS) is 25.3. The van der Waals surface area contributed by atoms with E-state index >= 15 is 0 Å². The zero-order valence-electron chi connectivity index (χ0n) is 16.6. The largest absolute Gasteiger partial charge is 0.513 e. The first-order chi connectivity index (χ1) is 13.0. The molecule has 1 aromatic rings. The van der Waals surface area contributed by atoms with E-state index in [1.807, 2.05) is 13.8 Å². The highest BCUT2D eigenvalue weighted by Gasteiger charge is 2.46. The summed E-state index contributed by atoms with van der Waals surface area (Å²) in [4.78, 5) is 12.2. The van der Waals surface area contributed by atoms with Crippen molar-refractivity contribution in [3.05, 3.63) is 40.6 Å². The molecule has 1 aliphatic carbocycles. The van der Waals surface area contributed by atoms with Gasteiger partial charge in [0.05, 0.1) is 18.2 Å². The quantitative estimate of drug-likeness (QED) is 0.801. The molecule has 1 aromatic carbocycles. The molecule has 0 saturated heterocycles. The Hall–Kier alpha value is -2.05. The van der Waals surface area contributed by atoms with Gasteiger partial charge in [0.1, 0.15) is 6.73 Å². The molecule has 0 radical (unpaired) electrons. The van der Waals surface area contributed by atoms with Crippen molar-refractivity contribution < 1.29 is 23.7 Å². The van der Waals surface area contributed by atoms with Gasteiger partial charge in [-0.15, -0.1) is 0 Å². The molecule has 1 heterocycles. The second-order valence-corrected chi connectivity index (χ2v) is 7.24. The number of carbonyl (C=O) groups excluding carboxylic acids is 1. The van der Waals surface area contributed by atoms with Crippen LogP contribution in [0.3, 0.4) is 0 Å². The third-order valence-electron chi connectivity index (χ3n) is 5.47. The molecular weight excluding hydrogens is 346 g/mol. The predicted molar refractivity (Wildman–Crippen MR) is 102 cm³/mol. The minimum absolute atomic E-state index is 0.230. The maximum Gasteiger partial charge on any atom is 0.513 e. The van der Waals surface area contributed by atoms with Crippen LogP contribution in [0.2, 0.25) is 0 Å². The molecule has 1 fully saturated rings. The van der Waals surface area contributed by atoms with Crippen molar-refractivity contribution in [1.82, 2.24) is 5.32 Å². The molecule has 27 heavy (non-hydrogen) atoms. The van der Waals surface area contributed by atoms with Crippen LogP contribution in [0.25, 0.3) is 5.76 Å². The number of hydrogen-bond acceptors (Lipinski definition) is 6. The van der Waals surface area contributed by atoms with E-state index in [0.29, 0.717) is 18.2 Å². The second-order valence-electron chi connectivity index (χ2n) is 7.24. The Labute approximate surface area is 160 Å². The molecule has 6 heteroatoms. The molecule has 2 aliphatic rings. The lowest BCUT2D eigenvalue weighted by atomic mass is 9.77. The van der Waals surface area contributed by atoms with Crippen LogP contribution in [0.5, 0.6) is 0 Å². The molecule has 0 bridgehead atoms. The van der Waals surface area contributed by atoms with E-state index in [1.165, 1.54) is 0 Å². The van der Waals surface area contributed by atoms with Crippen molar-refractivity contribution in [2.75, 3.05) is 20.4 Å². The Kier molecular flexibility index (Phi) is 6.07. The van der Waals surface area contributed by atoms with Gasteiger partial charge >= 0.3 is 6.16 Å². The number of nitrogens with one attached hydrogen (secondary N) is 1. The Morgan fingerprint density at radius 2 is 2.04 bits per heavy atom. The average molecular weight is 375 g/mol. The molecule has 1 N–H and O–H groups in total. The van der Waals surface area contributed by atoms with E-state index in [0.717, 1.165) is 42.4 Å². The summed E-state index contributed by atoms with van der Waals surface area (Å²) in [5.41, 5.74) is 2.69. The molecule has 3 rings (SSSR count). The number of benzene rings is 1. The molecule has 148 valence electrons. The lowest BCUT2D eigenvalue weighted by molar-refractivity contribution is 0.00800. The van der Waals surface area contributed by atoms with Crippen molar-refractivity contribution in [2.45, 2.75) is 58.1 Å². The van der Waals surface area contributed by atoms with Gasteiger partial charge in [0.15, 0.2) is 11.5 Å². The first kappa shape index (κ1) is 19.7. The molecule has 0 unspecified atom stereocenters. The van der Waals surface area contributed by atoms with Crippen molar-refractivity contribution in [3.63, 3.8) is 0 Å². The minimum Gasteiger partial charge on any atom is -0.474 e. The van der Waals surface area contributed by atoms with E-state index in [9.17, 15) is 4.79 Å². The molecule has 0 amide bonds. The molecule has 6 nitrogen and oxygen atoms in total. The van der Waals surface area contributed by atoms with Gasteiger partial charge < -0.3 is 18.9 Å². The van der Waals surface area contributed by atoms with Crippen molar-refractivity contribution in [3.8, 4) is 0 Å². The summed E-state index contributed by atoms with van der Waals surface area (Å²) in [6.45, 7) is 6.46. The van der Waals surface area contributed by atoms with Crippen LogP contribution in [-0.4, -0.2) is 38.2 Å². The van der Waals surface area contributed by atoms with Gasteiger partial charge in [-0.05, 0) is 58.1 Å². The standard InChI is InChI=1S/C21H29NO5/c1-5-25-20(23)27-19-18(17-12-14(2)6-7-15(17)3)26-13-22-21(19)10-8-16(24-4)9-11-21/h6-7,12,16,22H,5,8-11,13H2,1-4H3. The highest BCUT2D eigenvalue weighted by Crippen LogP contribution is 2.42. The van der Waals surface area contributed by atoms with E-state index in [2.05, 4.69) is 23.5 Å². The van der Waals surface area contributed by atoms with Crippen LogP contribution in [-0.2, 0) is 18.9 Å². The van der Waals surface area contributed by atoms with E-state index < -0.39 is 11.7 Å². The van der Waals surface area contributed by atoms with Crippen LogP contribution in [0, 0.1) is 13.8 Å². The van der Waals surface area contributed by atoms with Gasteiger partial charge in [-0.1, -0.05) is 17.7 Å². The Morgan fingerprint density at radius 1 is 1.30 bits per heavy atom. The fourth-order valence-corrected chi connectivity index (χ4v) is 3.89.